The van der Waals surface area contributed by atoms with E-state index in [1.807, 2.05) is 131 Å². The number of carbonyl (C=O) groups is 5. The third-order valence-electron chi connectivity index (χ3n) is 19.1. The van der Waals surface area contributed by atoms with E-state index in [4.69, 9.17) is 15.8 Å². The molecule has 1 aliphatic heterocycles. The Morgan fingerprint density at radius 3 is 1.08 bits per heavy atom. The second kappa shape index (κ2) is 54.1. The summed E-state index contributed by atoms with van der Waals surface area (Å²) in [4.78, 5) is 69.4. The summed E-state index contributed by atoms with van der Waals surface area (Å²) in [5.41, 5.74) is 7.00. The molecule has 4 amide bonds. The minimum atomic E-state index is -1.67. The normalized spacial score (nSPS) is 16.5. The van der Waals surface area contributed by atoms with Crippen LogP contribution in [-0.4, -0.2) is 165 Å². The molecular weight excluding hydrogens is 1330 g/mol. The smallest absolute Gasteiger partial charge is 1.00 e. The van der Waals surface area contributed by atoms with E-state index in [9.17, 15) is 29.1 Å². The van der Waals surface area contributed by atoms with Gasteiger partial charge in [0, 0.05) is 134 Å². The van der Waals surface area contributed by atoms with Crippen LogP contribution in [0.25, 0.3) is 0 Å². The van der Waals surface area contributed by atoms with Crippen molar-refractivity contribution in [2.24, 2.45) is 17.8 Å². The van der Waals surface area contributed by atoms with Gasteiger partial charge in [-0.15, -0.1) is 11.6 Å². The second-order valence-electron chi connectivity index (χ2n) is 24.9. The van der Waals surface area contributed by atoms with Crippen LogP contribution in [0.4, 0.5) is 0 Å². The van der Waals surface area contributed by atoms with Gasteiger partial charge in [0.2, 0.25) is 9.23 Å². The molecule has 4 aromatic rings. The zero-order valence-electron chi connectivity index (χ0n) is 58.7. The molecular formula is C78H122Cl4MgN6O7S. The van der Waals surface area contributed by atoms with Gasteiger partial charge in [-0.05, 0) is 177 Å². The van der Waals surface area contributed by atoms with E-state index in [1.54, 1.807) is 29.2 Å². The average Bonchev–Trinajstić information content (AvgIpc) is 0.834. The Balaban J connectivity index is 0.00000120. The predicted molar refractivity (Wildman–Crippen MR) is 407 cm³/mol. The summed E-state index contributed by atoms with van der Waals surface area (Å²) in [6.45, 7) is 26.3. The summed E-state index contributed by atoms with van der Waals surface area (Å²) < 4.78 is 9.09. The molecule has 9 rings (SSSR count). The van der Waals surface area contributed by atoms with Crippen LogP contribution in [0.15, 0.2) is 97.1 Å². The number of carbonyl (C=O) groups excluding carboxylic acids is 5. The fourth-order valence-corrected chi connectivity index (χ4v) is 13.8. The van der Waals surface area contributed by atoms with Gasteiger partial charge in [-0.1, -0.05) is 140 Å². The zero-order valence-corrected chi connectivity index (χ0v) is 64.0. The summed E-state index contributed by atoms with van der Waals surface area (Å²) in [5.74, 6) is 2.06. The first kappa shape index (κ1) is 93.4. The molecule has 97 heavy (non-hydrogen) atoms. The Labute approximate surface area is 626 Å². The second-order valence-corrected chi connectivity index (χ2v) is 27.9. The van der Waals surface area contributed by atoms with Crippen molar-refractivity contribution in [2.75, 3.05) is 78.5 Å². The van der Waals surface area contributed by atoms with Crippen LogP contribution in [-0.2, 0) is 9.23 Å². The van der Waals surface area contributed by atoms with Crippen LogP contribution in [0.1, 0.15) is 285 Å². The zero-order chi connectivity index (χ0) is 67.9. The van der Waals surface area contributed by atoms with Crippen molar-refractivity contribution in [1.82, 2.24) is 29.8 Å². The number of piperazine rings is 1. The van der Waals surface area contributed by atoms with Gasteiger partial charge in [-0.25, -0.2) is 4.21 Å². The first-order chi connectivity index (χ1) is 45.0. The van der Waals surface area contributed by atoms with Gasteiger partial charge < -0.3 is 48.9 Å². The van der Waals surface area contributed by atoms with Crippen molar-refractivity contribution < 1.29 is 45.7 Å². The SMILES string of the molecule is C.C.CCN(CC)C(=O)c1ccc(C(C2CCCCC2)N2CCNCC2)cc1.CCN(CC)C(=O)c1ccc(C(Cl)C2CCCCC2)cc1.CCN(CC)C(=O)c1ccc(C(O)C2CCCCC2)cc1.CCN(CC)C(=O)c1ccc(C=O)cc1.O=S(Cl)Cl.[CH-]1CCCCC1.[Cl-].[Mg+2]. The molecule has 3 unspecified atom stereocenters. The average molecular weight is 1450 g/mol. The minimum Gasteiger partial charge on any atom is -1.00 e. The Morgan fingerprint density at radius 2 is 0.784 bits per heavy atom. The Kier molecular flexibility index (Phi) is 52.1. The quantitative estimate of drug-likeness (QED) is 0.0290. The van der Waals surface area contributed by atoms with Crippen molar-refractivity contribution >= 4 is 95.2 Å². The van der Waals surface area contributed by atoms with E-state index >= 15 is 0 Å². The van der Waals surface area contributed by atoms with Crippen LogP contribution in [0.3, 0.4) is 0 Å². The summed E-state index contributed by atoms with van der Waals surface area (Å²) in [5, 5.41) is 14.0. The summed E-state index contributed by atoms with van der Waals surface area (Å²) in [7, 11) is 7.36. The molecule has 5 aliphatic rings. The molecule has 0 spiro atoms. The molecule has 4 saturated carbocycles. The van der Waals surface area contributed by atoms with Crippen molar-refractivity contribution in [3.05, 3.63) is 148 Å². The van der Waals surface area contributed by atoms with E-state index < -0.39 is 9.23 Å². The van der Waals surface area contributed by atoms with E-state index in [-0.39, 0.29) is 85.4 Å². The van der Waals surface area contributed by atoms with Crippen molar-refractivity contribution in [1.29, 1.82) is 0 Å². The van der Waals surface area contributed by atoms with Gasteiger partial charge in [0.1, 0.15) is 6.29 Å². The third-order valence-corrected chi connectivity index (χ3v) is 19.7. The number of alkyl halides is 1. The molecule has 3 atom stereocenters. The van der Waals surface area contributed by atoms with Crippen LogP contribution >= 0.6 is 33.0 Å². The van der Waals surface area contributed by atoms with Gasteiger partial charge in [-0.3, -0.25) is 28.9 Å². The number of benzene rings is 4. The number of halogens is 4. The number of hydrogen-bond donors (Lipinski definition) is 2. The van der Waals surface area contributed by atoms with Crippen LogP contribution < -0.4 is 17.7 Å². The van der Waals surface area contributed by atoms with Gasteiger partial charge >= 0.3 is 23.1 Å². The molecule has 13 nitrogen and oxygen atoms in total. The molecule has 542 valence electrons. The van der Waals surface area contributed by atoms with Gasteiger partial charge in [-0.2, -0.15) is 12.8 Å². The summed E-state index contributed by atoms with van der Waals surface area (Å²) >= 11 is 6.64. The van der Waals surface area contributed by atoms with E-state index in [0.29, 0.717) is 47.7 Å². The fourth-order valence-electron chi connectivity index (χ4n) is 13.4. The number of aliphatic hydroxyl groups excluding tert-OH is 1. The molecule has 2 N–H and O–H groups in total. The molecule has 1 saturated heterocycles. The fraction of sp³-hybridized carbons (Fsp3) is 0.615. The molecule has 1 heterocycles. The van der Waals surface area contributed by atoms with Gasteiger partial charge in [0.25, 0.3) is 23.6 Å². The standard InChI is InChI=1S/C22H35N3O.C18H26ClNO.C18H27NO2.C12H15NO2.C6H11.2CH4.Cl2OS.ClH.Mg/c1-3-24(4-2)22(26)20-12-10-19(11-13-20)21(18-8-6-5-7-9-18)25-16-14-23-15-17-25;1-3-20(4-2)18(21)16-12-10-15(11-13-16)17(19)14-8-6-5-7-9-14;1-3-19(4-2)18(21)16-12-10-15(11-13-16)17(20)14-8-6-5-7-9-14;1-3-13(4-2)12(15)11-7-5-10(9-14)6-8-11;1-2-4-6-5-3-1;;;1-4(2)3;;/h10-13,18,21,23H,3-9,14-17H2,1-2H3;10-14,17H,3-9H2,1-2H3;10-14,17,20H,3-9H2,1-2H3;5-9H,3-4H2,1-2H3;1H,2-6H2;2*1H4;;1H;/q;;;;-1;;;;;+2/p-1. The van der Waals surface area contributed by atoms with E-state index in [0.717, 1.165) is 113 Å². The first-order valence-electron chi connectivity index (χ1n) is 35.4. The Hall–Kier alpha value is -3.61. The molecule has 4 aromatic carbocycles. The van der Waals surface area contributed by atoms with Crippen LogP contribution in [0.2, 0.25) is 0 Å². The number of aldehydes is 1. The summed E-state index contributed by atoms with van der Waals surface area (Å²) in [6.07, 6.45) is 29.1. The van der Waals surface area contributed by atoms with E-state index in [2.05, 4.69) is 50.1 Å². The number of aliphatic hydroxyl groups is 1. The third kappa shape index (κ3) is 32.5. The number of amides is 4. The molecule has 0 aromatic heterocycles. The first-order valence-corrected chi connectivity index (χ1v) is 38.6. The topological polar surface area (TPSA) is 151 Å². The van der Waals surface area contributed by atoms with Crippen molar-refractivity contribution in [3.8, 4) is 0 Å². The molecule has 5 fully saturated rings. The van der Waals surface area contributed by atoms with Crippen LogP contribution in [0, 0.1) is 24.2 Å². The molecule has 4 aliphatic carbocycles. The monoisotopic (exact) mass is 1450 g/mol. The molecule has 19 heteroatoms. The van der Waals surface area contributed by atoms with Crippen LogP contribution in [0.5, 0.6) is 0 Å². The number of hydrogen-bond acceptors (Lipinski definition) is 9. The maximum atomic E-state index is 12.6. The van der Waals surface area contributed by atoms with Gasteiger partial charge in [0.15, 0.2) is 0 Å². The largest absolute Gasteiger partial charge is 2.00 e. The number of nitrogens with zero attached hydrogens (tertiary/aromatic N) is 5. The molecule has 0 bridgehead atoms. The Bertz CT molecular complexity index is 2610. The van der Waals surface area contributed by atoms with Crippen molar-refractivity contribution in [3.63, 3.8) is 0 Å². The van der Waals surface area contributed by atoms with Crippen molar-refractivity contribution in [2.45, 2.75) is 216 Å². The minimum absolute atomic E-state index is 0. The number of nitrogens with one attached hydrogen (secondary N) is 1. The maximum Gasteiger partial charge on any atom is 2.00 e. The predicted octanol–water partition coefficient (Wildman–Crippen LogP) is 15.6. The van der Waals surface area contributed by atoms with Gasteiger partial charge in [0.05, 0.1) is 11.5 Å². The molecule has 0 radical (unpaired) electrons. The van der Waals surface area contributed by atoms with E-state index in [1.165, 1.54) is 121 Å². The summed E-state index contributed by atoms with van der Waals surface area (Å²) in [6, 6.07) is 31.2. The number of rotatable bonds is 20. The Morgan fingerprint density at radius 1 is 0.495 bits per heavy atom. The maximum absolute atomic E-state index is 12.6.